The number of halogens is 6. The van der Waals surface area contributed by atoms with Gasteiger partial charge in [-0.3, -0.25) is 4.90 Å². The molecule has 0 spiro atoms. The molecule has 1 saturated heterocycles. The van der Waals surface area contributed by atoms with E-state index in [0.717, 1.165) is 10.5 Å². The quantitative estimate of drug-likeness (QED) is 0.160. The smallest absolute Gasteiger partial charge is 0.416 e. The van der Waals surface area contributed by atoms with Crippen molar-refractivity contribution >= 4 is 12.1 Å². The van der Waals surface area contributed by atoms with Crippen molar-refractivity contribution in [2.45, 2.75) is 44.9 Å². The Kier molecular flexibility index (Phi) is 8.95. The van der Waals surface area contributed by atoms with Crippen LogP contribution in [-0.2, 0) is 23.6 Å². The number of carboxylic acids is 1. The molecule has 16 heteroatoms. The van der Waals surface area contributed by atoms with E-state index in [-0.39, 0.29) is 29.8 Å². The van der Waals surface area contributed by atoms with Gasteiger partial charge in [0.1, 0.15) is 11.9 Å². The summed E-state index contributed by atoms with van der Waals surface area (Å²) in [6.45, 7) is 2.91. The number of carbonyl (C=O) groups excluding carboxylic acids is 1. The van der Waals surface area contributed by atoms with Gasteiger partial charge in [-0.25, -0.2) is 24.2 Å². The number of cyclic esters (lactones) is 1. The number of alkyl halides is 6. The number of aromatic nitrogens is 4. The molecule has 6 rings (SSSR count). The molecule has 264 valence electrons. The molecule has 5 aromatic rings. The predicted molar refractivity (Wildman–Crippen MR) is 169 cm³/mol. The highest BCUT2D eigenvalue weighted by molar-refractivity contribution is 5.89. The minimum absolute atomic E-state index is 0.0101. The van der Waals surface area contributed by atoms with Gasteiger partial charge in [0, 0.05) is 29.7 Å². The Hall–Kier alpha value is -5.93. The van der Waals surface area contributed by atoms with Crippen LogP contribution in [0.15, 0.2) is 79.3 Å². The maximum atomic E-state index is 13.7. The van der Waals surface area contributed by atoms with E-state index in [0.29, 0.717) is 40.1 Å². The number of hydrogen-bond donors (Lipinski definition) is 1. The second kappa shape index (κ2) is 13.1. The van der Waals surface area contributed by atoms with Crippen LogP contribution in [0.25, 0.3) is 28.2 Å². The number of carbonyl (C=O) groups is 2. The summed E-state index contributed by atoms with van der Waals surface area (Å²) in [6.07, 6.45) is -8.10. The first-order chi connectivity index (χ1) is 24.0. The van der Waals surface area contributed by atoms with Crippen molar-refractivity contribution in [2.24, 2.45) is 0 Å². The van der Waals surface area contributed by atoms with Crippen molar-refractivity contribution < 1.29 is 50.5 Å². The average molecular weight is 712 g/mol. The molecule has 51 heavy (non-hydrogen) atoms. The lowest BCUT2D eigenvalue weighted by molar-refractivity contribution is -0.143. The molecule has 0 aliphatic carbocycles. The summed E-state index contributed by atoms with van der Waals surface area (Å²) >= 11 is 0. The van der Waals surface area contributed by atoms with Gasteiger partial charge >= 0.3 is 24.4 Å². The molecule has 0 radical (unpaired) electrons. The van der Waals surface area contributed by atoms with E-state index in [1.54, 1.807) is 43.5 Å². The van der Waals surface area contributed by atoms with Gasteiger partial charge < -0.3 is 14.6 Å². The van der Waals surface area contributed by atoms with Gasteiger partial charge in [-0.05, 0) is 84.6 Å². The van der Waals surface area contributed by atoms with E-state index >= 15 is 0 Å². The molecule has 0 saturated carbocycles. The number of nitrogens with zero attached hydrogens (tertiary/aromatic N) is 5. The predicted octanol–water partition coefficient (Wildman–Crippen LogP) is 8.13. The minimum Gasteiger partial charge on any atom is -0.496 e. The SMILES string of the molecule is COc1ccc(-c2ccc(C(=O)O)cc2C)cc1-c1cnc(-n2cccn2)nc1CN1C(=O)OC(c2cc(C(F)(F)F)cc(C(F)(F)F)c2)[C@@H]1C. The average Bonchev–Trinajstić information content (AvgIpc) is 3.72. The van der Waals surface area contributed by atoms with Crippen LogP contribution in [0.1, 0.15) is 51.3 Å². The lowest BCUT2D eigenvalue weighted by Gasteiger charge is -2.23. The molecule has 10 nitrogen and oxygen atoms in total. The van der Waals surface area contributed by atoms with Gasteiger partial charge in [-0.1, -0.05) is 12.1 Å². The number of aromatic carboxylic acids is 1. The van der Waals surface area contributed by atoms with Crippen molar-refractivity contribution in [1.82, 2.24) is 24.6 Å². The fourth-order valence-corrected chi connectivity index (χ4v) is 5.92. The highest BCUT2D eigenvalue weighted by atomic mass is 19.4. The van der Waals surface area contributed by atoms with Gasteiger partial charge in [-0.15, -0.1) is 0 Å². The number of ether oxygens (including phenoxy) is 2. The Balaban J connectivity index is 1.43. The van der Waals surface area contributed by atoms with Gasteiger partial charge in [-0.2, -0.15) is 31.4 Å². The van der Waals surface area contributed by atoms with Gasteiger partial charge in [0.15, 0.2) is 0 Å². The number of aryl methyl sites for hydroxylation is 1. The van der Waals surface area contributed by atoms with Gasteiger partial charge in [0.05, 0.1) is 42.1 Å². The van der Waals surface area contributed by atoms with Crippen LogP contribution >= 0.6 is 0 Å². The molecule has 1 amide bonds. The highest BCUT2D eigenvalue weighted by Crippen LogP contribution is 2.42. The number of hydrogen-bond acceptors (Lipinski definition) is 7. The van der Waals surface area contributed by atoms with Gasteiger partial charge in [0.25, 0.3) is 5.95 Å². The normalized spacial score (nSPS) is 16.3. The van der Waals surface area contributed by atoms with Crippen LogP contribution in [-0.4, -0.2) is 55.0 Å². The van der Waals surface area contributed by atoms with Crippen LogP contribution in [0.2, 0.25) is 0 Å². The maximum Gasteiger partial charge on any atom is 0.416 e. The van der Waals surface area contributed by atoms with Crippen molar-refractivity contribution in [3.05, 3.63) is 113 Å². The van der Waals surface area contributed by atoms with E-state index in [1.165, 1.54) is 43.2 Å². The second-order valence-electron chi connectivity index (χ2n) is 11.7. The summed E-state index contributed by atoms with van der Waals surface area (Å²) in [4.78, 5) is 35.1. The van der Waals surface area contributed by atoms with E-state index < -0.39 is 53.3 Å². The standard InChI is InChI=1S/C35H27F6N5O5/c1-18-11-21(31(47)48)5-7-25(18)20-6-8-29(50-3)26(14-20)27-16-42-32(46-10-4-9-43-46)44-28(27)17-45-19(2)30(51-33(45)49)22-12-23(34(36,37)38)15-24(13-22)35(39,40)41/h4-16,19,30H,17H2,1-3H3,(H,47,48)/t19-,30?/m0/s1. The van der Waals surface area contributed by atoms with Crippen molar-refractivity contribution in [2.75, 3.05) is 7.11 Å². The Morgan fingerprint density at radius 1 is 0.961 bits per heavy atom. The number of rotatable bonds is 8. The molecule has 2 atom stereocenters. The maximum absolute atomic E-state index is 13.7. The molecule has 3 heterocycles. The van der Waals surface area contributed by atoms with Crippen molar-refractivity contribution in [1.29, 1.82) is 0 Å². The molecule has 0 bridgehead atoms. The van der Waals surface area contributed by atoms with Crippen LogP contribution < -0.4 is 4.74 Å². The summed E-state index contributed by atoms with van der Waals surface area (Å²) in [5, 5.41) is 13.6. The number of carboxylic acid groups (broad SMARTS) is 1. The van der Waals surface area contributed by atoms with Crippen LogP contribution in [0.4, 0.5) is 31.1 Å². The molecule has 3 aromatic carbocycles. The van der Waals surface area contributed by atoms with Gasteiger partial charge in [0.2, 0.25) is 0 Å². The number of amides is 1. The highest BCUT2D eigenvalue weighted by Gasteiger charge is 2.43. The number of methoxy groups -OCH3 is 1. The zero-order valence-corrected chi connectivity index (χ0v) is 27.0. The van der Waals surface area contributed by atoms with Crippen molar-refractivity contribution in [3.63, 3.8) is 0 Å². The van der Waals surface area contributed by atoms with Crippen LogP contribution in [0, 0.1) is 6.92 Å². The zero-order valence-electron chi connectivity index (χ0n) is 27.0. The second-order valence-corrected chi connectivity index (χ2v) is 11.7. The van der Waals surface area contributed by atoms with E-state index in [9.17, 15) is 41.0 Å². The first-order valence-corrected chi connectivity index (χ1v) is 15.2. The summed E-state index contributed by atoms with van der Waals surface area (Å²) in [5.41, 5.74) is -0.257. The largest absolute Gasteiger partial charge is 0.496 e. The molecule has 1 unspecified atom stereocenters. The van der Waals surface area contributed by atoms with E-state index in [1.807, 2.05) is 0 Å². The summed E-state index contributed by atoms with van der Waals surface area (Å²) in [6, 6.07) is 11.6. The fraction of sp³-hybridized carbons (Fsp3) is 0.229. The Bertz CT molecular complexity index is 2100. The van der Waals surface area contributed by atoms with Crippen LogP contribution in [0.3, 0.4) is 0 Å². The summed E-state index contributed by atoms with van der Waals surface area (Å²) in [7, 11) is 1.44. The molecule has 1 aliphatic heterocycles. The first-order valence-electron chi connectivity index (χ1n) is 15.2. The molecular formula is C35H27F6N5O5. The summed E-state index contributed by atoms with van der Waals surface area (Å²) < 4.78 is 94.3. The Morgan fingerprint density at radius 2 is 1.67 bits per heavy atom. The molecule has 1 aliphatic rings. The third-order valence-electron chi connectivity index (χ3n) is 8.49. The minimum atomic E-state index is -5.09. The van der Waals surface area contributed by atoms with Crippen LogP contribution in [0.5, 0.6) is 5.75 Å². The monoisotopic (exact) mass is 711 g/mol. The third-order valence-corrected chi connectivity index (χ3v) is 8.49. The number of benzene rings is 3. The lowest BCUT2D eigenvalue weighted by Crippen LogP contribution is -2.32. The van der Waals surface area contributed by atoms with E-state index in [2.05, 4.69) is 15.1 Å². The topological polar surface area (TPSA) is 120 Å². The lowest BCUT2D eigenvalue weighted by atomic mass is 9.94. The first kappa shape index (κ1) is 34.9. The molecule has 1 N–H and O–H groups in total. The Labute approximate surface area is 285 Å². The Morgan fingerprint density at radius 3 is 2.25 bits per heavy atom. The van der Waals surface area contributed by atoms with Crippen molar-refractivity contribution in [3.8, 4) is 34.0 Å². The summed E-state index contributed by atoms with van der Waals surface area (Å²) in [5.74, 6) is -0.586. The third kappa shape index (κ3) is 6.93. The molecular weight excluding hydrogens is 684 g/mol. The van der Waals surface area contributed by atoms with E-state index in [4.69, 9.17) is 9.47 Å². The fourth-order valence-electron chi connectivity index (χ4n) is 5.92. The zero-order chi connectivity index (χ0) is 36.8. The molecule has 1 fully saturated rings. The molecule has 2 aromatic heterocycles.